The minimum absolute atomic E-state index is 0.0121. The summed E-state index contributed by atoms with van der Waals surface area (Å²) in [6, 6.07) is 1.85. The Morgan fingerprint density at radius 1 is 1.35 bits per heavy atom. The SMILES string of the molecule is CC(=O)C(c1nc(-c2ncc(Br)cc2Br)no1)C(C)C. The average Bonchev–Trinajstić information content (AvgIpc) is 2.76. The Bertz CT molecular complexity index is 640. The Labute approximate surface area is 133 Å². The van der Waals surface area contributed by atoms with Crippen molar-refractivity contribution >= 4 is 37.6 Å². The monoisotopic (exact) mass is 401 g/mol. The van der Waals surface area contributed by atoms with Crippen LogP contribution in [-0.4, -0.2) is 20.9 Å². The van der Waals surface area contributed by atoms with Gasteiger partial charge in [0.2, 0.25) is 11.7 Å². The lowest BCUT2D eigenvalue weighted by atomic mass is 9.92. The van der Waals surface area contributed by atoms with E-state index in [2.05, 4.69) is 47.0 Å². The number of aromatic nitrogens is 3. The number of hydrogen-bond donors (Lipinski definition) is 0. The lowest BCUT2D eigenvalue weighted by molar-refractivity contribution is -0.119. The van der Waals surface area contributed by atoms with Crippen LogP contribution in [0.25, 0.3) is 11.5 Å². The molecule has 0 N–H and O–H groups in total. The highest BCUT2D eigenvalue weighted by atomic mass is 79.9. The van der Waals surface area contributed by atoms with E-state index in [1.807, 2.05) is 19.9 Å². The molecule has 0 spiro atoms. The summed E-state index contributed by atoms with van der Waals surface area (Å²) in [5.41, 5.74) is 0.578. The first-order valence-corrected chi connectivity index (χ1v) is 7.64. The third-order valence-corrected chi connectivity index (χ3v) is 3.87. The lowest BCUT2D eigenvalue weighted by Gasteiger charge is -2.12. The highest BCUT2D eigenvalue weighted by Crippen LogP contribution is 2.29. The molecule has 7 heteroatoms. The van der Waals surface area contributed by atoms with E-state index < -0.39 is 0 Å². The van der Waals surface area contributed by atoms with Gasteiger partial charge in [0, 0.05) is 15.1 Å². The van der Waals surface area contributed by atoms with Crippen molar-refractivity contribution in [3.05, 3.63) is 27.1 Å². The number of nitrogens with zero attached hydrogens (tertiary/aromatic N) is 3. The highest BCUT2D eigenvalue weighted by molar-refractivity contribution is 9.11. The molecular weight excluding hydrogens is 390 g/mol. The second kappa shape index (κ2) is 6.13. The van der Waals surface area contributed by atoms with E-state index in [-0.39, 0.29) is 17.6 Å². The number of hydrogen-bond acceptors (Lipinski definition) is 5. The highest BCUT2D eigenvalue weighted by Gasteiger charge is 2.27. The first-order chi connectivity index (χ1) is 9.40. The smallest absolute Gasteiger partial charge is 0.237 e. The Hall–Kier alpha value is -1.08. The summed E-state index contributed by atoms with van der Waals surface area (Å²) in [6.45, 7) is 5.43. The van der Waals surface area contributed by atoms with Crippen LogP contribution in [0.5, 0.6) is 0 Å². The number of carbonyl (C=O) groups is 1. The summed E-state index contributed by atoms with van der Waals surface area (Å²) in [6.07, 6.45) is 1.65. The molecule has 0 aliphatic heterocycles. The van der Waals surface area contributed by atoms with Gasteiger partial charge in [-0.15, -0.1) is 0 Å². The number of halogens is 2. The molecule has 0 fully saturated rings. The first-order valence-electron chi connectivity index (χ1n) is 6.05. The molecule has 2 heterocycles. The van der Waals surface area contributed by atoms with Crippen LogP contribution in [0.1, 0.15) is 32.6 Å². The summed E-state index contributed by atoms with van der Waals surface area (Å²) in [5, 5.41) is 3.92. The molecule has 2 rings (SSSR count). The number of carbonyl (C=O) groups excluding carboxylic acids is 1. The van der Waals surface area contributed by atoms with E-state index in [0.717, 1.165) is 8.95 Å². The third-order valence-electron chi connectivity index (χ3n) is 2.83. The summed E-state index contributed by atoms with van der Waals surface area (Å²) in [5.74, 6) is 0.427. The molecule has 20 heavy (non-hydrogen) atoms. The van der Waals surface area contributed by atoms with E-state index in [9.17, 15) is 4.79 Å². The van der Waals surface area contributed by atoms with Crippen LogP contribution < -0.4 is 0 Å². The van der Waals surface area contributed by atoms with Crippen molar-refractivity contribution in [1.82, 2.24) is 15.1 Å². The van der Waals surface area contributed by atoms with E-state index in [1.165, 1.54) is 6.92 Å². The quantitative estimate of drug-likeness (QED) is 0.773. The van der Waals surface area contributed by atoms with Crippen molar-refractivity contribution in [2.24, 2.45) is 5.92 Å². The van der Waals surface area contributed by atoms with Gasteiger partial charge in [-0.25, -0.2) is 0 Å². The normalized spacial score (nSPS) is 12.7. The predicted molar refractivity (Wildman–Crippen MR) is 81.2 cm³/mol. The largest absolute Gasteiger partial charge is 0.338 e. The zero-order chi connectivity index (χ0) is 14.9. The van der Waals surface area contributed by atoms with Crippen LogP contribution in [0, 0.1) is 5.92 Å². The maximum absolute atomic E-state index is 11.7. The maximum Gasteiger partial charge on any atom is 0.237 e. The van der Waals surface area contributed by atoms with E-state index >= 15 is 0 Å². The standard InChI is InChI=1S/C13H13Br2N3O2/c1-6(2)10(7(3)19)13-17-12(18-20-13)11-9(15)4-8(14)5-16-11/h4-6,10H,1-3H3. The van der Waals surface area contributed by atoms with Crippen LogP contribution >= 0.6 is 31.9 Å². The molecule has 2 aromatic rings. The molecule has 1 atom stereocenters. The average molecular weight is 403 g/mol. The Morgan fingerprint density at radius 3 is 2.60 bits per heavy atom. The van der Waals surface area contributed by atoms with Gasteiger partial charge in [-0.3, -0.25) is 9.78 Å². The molecule has 0 saturated heterocycles. The molecule has 0 bridgehead atoms. The van der Waals surface area contributed by atoms with Crippen LogP contribution in [0.2, 0.25) is 0 Å². The minimum atomic E-state index is -0.384. The van der Waals surface area contributed by atoms with Crippen molar-refractivity contribution < 1.29 is 9.32 Å². The Kier molecular flexibility index (Phi) is 4.70. The van der Waals surface area contributed by atoms with Crippen LogP contribution in [-0.2, 0) is 4.79 Å². The zero-order valence-corrected chi connectivity index (χ0v) is 14.4. The second-order valence-corrected chi connectivity index (χ2v) is 6.54. The summed E-state index contributed by atoms with van der Waals surface area (Å²) >= 11 is 6.74. The summed E-state index contributed by atoms with van der Waals surface area (Å²) in [4.78, 5) is 20.2. The molecule has 106 valence electrons. The number of pyridine rings is 1. The van der Waals surface area contributed by atoms with Crippen molar-refractivity contribution in [2.75, 3.05) is 0 Å². The zero-order valence-electron chi connectivity index (χ0n) is 11.2. The predicted octanol–water partition coefficient (Wildman–Crippen LogP) is 3.99. The molecule has 0 aliphatic rings. The Balaban J connectivity index is 2.40. The van der Waals surface area contributed by atoms with Gasteiger partial charge in [0.05, 0.1) is 5.92 Å². The number of rotatable bonds is 4. The molecule has 0 aromatic carbocycles. The molecular formula is C13H13Br2N3O2. The number of ketones is 1. The van der Waals surface area contributed by atoms with E-state index in [4.69, 9.17) is 4.52 Å². The van der Waals surface area contributed by atoms with Crippen LogP contribution in [0.3, 0.4) is 0 Å². The van der Waals surface area contributed by atoms with Gasteiger partial charge in [-0.2, -0.15) is 4.98 Å². The van der Waals surface area contributed by atoms with Gasteiger partial charge in [0.15, 0.2) is 0 Å². The number of Topliss-reactive ketones (excluding diaryl/α,β-unsaturated/α-hetero) is 1. The summed E-state index contributed by atoms with van der Waals surface area (Å²) < 4.78 is 6.84. The maximum atomic E-state index is 11.7. The molecule has 0 amide bonds. The molecule has 1 unspecified atom stereocenters. The fourth-order valence-corrected chi connectivity index (χ4v) is 3.13. The van der Waals surface area contributed by atoms with Crippen molar-refractivity contribution in [1.29, 1.82) is 0 Å². The molecule has 0 radical (unpaired) electrons. The topological polar surface area (TPSA) is 68.9 Å². The van der Waals surface area contributed by atoms with E-state index in [1.54, 1.807) is 6.20 Å². The van der Waals surface area contributed by atoms with E-state index in [0.29, 0.717) is 17.4 Å². The Morgan fingerprint density at radius 2 is 2.05 bits per heavy atom. The van der Waals surface area contributed by atoms with Gasteiger partial charge in [0.25, 0.3) is 0 Å². The van der Waals surface area contributed by atoms with Gasteiger partial charge in [-0.05, 0) is 50.8 Å². The van der Waals surface area contributed by atoms with Gasteiger partial charge >= 0.3 is 0 Å². The van der Waals surface area contributed by atoms with Crippen LogP contribution in [0.15, 0.2) is 25.7 Å². The van der Waals surface area contributed by atoms with Gasteiger partial charge in [-0.1, -0.05) is 19.0 Å². The molecule has 2 aromatic heterocycles. The first kappa shape index (κ1) is 15.3. The minimum Gasteiger partial charge on any atom is -0.338 e. The van der Waals surface area contributed by atoms with Gasteiger partial charge < -0.3 is 4.52 Å². The lowest BCUT2D eigenvalue weighted by Crippen LogP contribution is -2.15. The van der Waals surface area contributed by atoms with Crippen LogP contribution in [0.4, 0.5) is 0 Å². The summed E-state index contributed by atoms with van der Waals surface area (Å²) in [7, 11) is 0. The van der Waals surface area contributed by atoms with Crippen molar-refractivity contribution in [2.45, 2.75) is 26.7 Å². The fraction of sp³-hybridized carbons (Fsp3) is 0.385. The third kappa shape index (κ3) is 3.15. The van der Waals surface area contributed by atoms with Crippen molar-refractivity contribution in [3.8, 4) is 11.5 Å². The van der Waals surface area contributed by atoms with Gasteiger partial charge in [0.1, 0.15) is 11.5 Å². The second-order valence-electron chi connectivity index (χ2n) is 4.77. The molecule has 0 aliphatic carbocycles. The van der Waals surface area contributed by atoms with Crippen molar-refractivity contribution in [3.63, 3.8) is 0 Å². The molecule has 5 nitrogen and oxygen atoms in total. The molecule has 0 saturated carbocycles. The fourth-order valence-electron chi connectivity index (χ4n) is 1.97.